The van der Waals surface area contributed by atoms with Crippen molar-refractivity contribution in [2.75, 3.05) is 25.0 Å². The lowest BCUT2D eigenvalue weighted by atomic mass is 10.1. The Morgan fingerprint density at radius 1 is 1.08 bits per heavy atom. The summed E-state index contributed by atoms with van der Waals surface area (Å²) in [5, 5.41) is 0.103. The van der Waals surface area contributed by atoms with Gasteiger partial charge in [-0.15, -0.1) is 0 Å². The second kappa shape index (κ2) is 8.20. The molecule has 0 unspecified atom stereocenters. The average Bonchev–Trinajstić information content (AvgIpc) is 2.61. The van der Waals surface area contributed by atoms with E-state index in [9.17, 15) is 13.2 Å². The SMILES string of the molecule is CCN(CC)S(=O)(=O)c1cc(C(=O)N(C)c2cccc(C)c2)ccc1Cl. The third kappa shape index (κ3) is 4.09. The standard InChI is InChI=1S/C19H23ClN2O3S/c1-5-22(6-2)26(24,25)18-13-15(10-11-17(18)20)19(23)21(4)16-9-7-8-14(3)12-16/h7-13H,5-6H2,1-4H3. The summed E-state index contributed by atoms with van der Waals surface area (Å²) in [6.07, 6.45) is 0. The van der Waals surface area contributed by atoms with E-state index in [1.807, 2.05) is 31.2 Å². The van der Waals surface area contributed by atoms with Crippen molar-refractivity contribution < 1.29 is 13.2 Å². The number of hydrogen-bond acceptors (Lipinski definition) is 3. The number of amides is 1. The van der Waals surface area contributed by atoms with Crippen molar-refractivity contribution in [3.8, 4) is 0 Å². The number of anilines is 1. The van der Waals surface area contributed by atoms with E-state index in [1.165, 1.54) is 27.4 Å². The summed E-state index contributed by atoms with van der Waals surface area (Å²) >= 11 is 6.13. The van der Waals surface area contributed by atoms with E-state index in [0.717, 1.165) is 11.3 Å². The van der Waals surface area contributed by atoms with Crippen molar-refractivity contribution in [1.82, 2.24) is 4.31 Å². The quantitative estimate of drug-likeness (QED) is 0.745. The molecule has 0 aliphatic carbocycles. The summed E-state index contributed by atoms with van der Waals surface area (Å²) in [6.45, 7) is 6.12. The van der Waals surface area contributed by atoms with E-state index < -0.39 is 10.0 Å². The smallest absolute Gasteiger partial charge is 0.258 e. The molecule has 2 aromatic carbocycles. The van der Waals surface area contributed by atoms with Crippen LogP contribution in [-0.2, 0) is 10.0 Å². The molecule has 0 N–H and O–H groups in total. The molecule has 0 saturated heterocycles. The molecule has 0 fully saturated rings. The summed E-state index contributed by atoms with van der Waals surface area (Å²) < 4.78 is 26.9. The van der Waals surface area contributed by atoms with E-state index >= 15 is 0 Å². The third-order valence-corrected chi connectivity index (χ3v) is 6.73. The van der Waals surface area contributed by atoms with E-state index in [0.29, 0.717) is 13.1 Å². The highest BCUT2D eigenvalue weighted by Crippen LogP contribution is 2.27. The first-order valence-electron chi connectivity index (χ1n) is 8.36. The van der Waals surface area contributed by atoms with Crippen LogP contribution in [0.4, 0.5) is 5.69 Å². The molecule has 0 radical (unpaired) electrons. The molecule has 0 aromatic heterocycles. The maximum atomic E-state index is 12.8. The molecule has 0 atom stereocenters. The lowest BCUT2D eigenvalue weighted by molar-refractivity contribution is 0.0993. The van der Waals surface area contributed by atoms with Crippen LogP contribution in [0.25, 0.3) is 0 Å². The Hall–Kier alpha value is -1.89. The lowest BCUT2D eigenvalue weighted by Crippen LogP contribution is -2.31. The zero-order valence-corrected chi connectivity index (χ0v) is 16.9. The molecule has 5 nitrogen and oxygen atoms in total. The topological polar surface area (TPSA) is 57.7 Å². The predicted octanol–water partition coefficient (Wildman–Crippen LogP) is 3.96. The van der Waals surface area contributed by atoms with Crippen LogP contribution in [0.5, 0.6) is 0 Å². The van der Waals surface area contributed by atoms with Crippen molar-refractivity contribution in [2.24, 2.45) is 0 Å². The van der Waals surface area contributed by atoms with Crippen LogP contribution in [0.3, 0.4) is 0 Å². The molecule has 0 aliphatic heterocycles. The summed E-state index contributed by atoms with van der Waals surface area (Å²) in [6, 6.07) is 11.9. The summed E-state index contributed by atoms with van der Waals surface area (Å²) in [7, 11) is -2.10. The monoisotopic (exact) mass is 394 g/mol. The van der Waals surface area contributed by atoms with Gasteiger partial charge in [-0.1, -0.05) is 37.6 Å². The number of halogens is 1. The molecule has 140 valence electrons. The van der Waals surface area contributed by atoms with Gasteiger partial charge in [0.05, 0.1) is 5.02 Å². The van der Waals surface area contributed by atoms with Gasteiger partial charge in [-0.3, -0.25) is 4.79 Å². The van der Waals surface area contributed by atoms with Crippen molar-refractivity contribution >= 4 is 33.2 Å². The number of hydrogen-bond donors (Lipinski definition) is 0. The lowest BCUT2D eigenvalue weighted by Gasteiger charge is -2.21. The van der Waals surface area contributed by atoms with E-state index in [2.05, 4.69) is 0 Å². The number of rotatable bonds is 6. The summed E-state index contributed by atoms with van der Waals surface area (Å²) in [5.41, 5.74) is 2.03. The minimum absolute atomic E-state index is 0.0497. The summed E-state index contributed by atoms with van der Waals surface area (Å²) in [4.78, 5) is 14.3. The average molecular weight is 395 g/mol. The van der Waals surface area contributed by atoms with Crippen LogP contribution in [0.2, 0.25) is 5.02 Å². The van der Waals surface area contributed by atoms with Gasteiger partial charge < -0.3 is 4.90 Å². The van der Waals surface area contributed by atoms with Crippen molar-refractivity contribution in [3.05, 3.63) is 58.6 Å². The van der Waals surface area contributed by atoms with Crippen molar-refractivity contribution in [2.45, 2.75) is 25.7 Å². The number of carbonyl (C=O) groups is 1. The van der Waals surface area contributed by atoms with Gasteiger partial charge in [0.1, 0.15) is 4.90 Å². The first-order chi connectivity index (χ1) is 12.2. The Labute approximate surface area is 160 Å². The fraction of sp³-hybridized carbons (Fsp3) is 0.316. The number of nitrogens with zero attached hydrogens (tertiary/aromatic N) is 2. The Bertz CT molecular complexity index is 909. The molecular weight excluding hydrogens is 372 g/mol. The van der Waals surface area contributed by atoms with Crippen LogP contribution >= 0.6 is 11.6 Å². The highest BCUT2D eigenvalue weighted by Gasteiger charge is 2.26. The fourth-order valence-corrected chi connectivity index (χ4v) is 4.64. The highest BCUT2D eigenvalue weighted by atomic mass is 35.5. The summed E-state index contributed by atoms with van der Waals surface area (Å²) in [5.74, 6) is -0.303. The van der Waals surface area contributed by atoms with Gasteiger partial charge in [0.15, 0.2) is 0 Å². The van der Waals surface area contributed by atoms with Gasteiger partial charge in [-0.25, -0.2) is 8.42 Å². The van der Waals surface area contributed by atoms with Crippen molar-refractivity contribution in [1.29, 1.82) is 0 Å². The van der Waals surface area contributed by atoms with Gasteiger partial charge in [0, 0.05) is 31.4 Å². The molecule has 2 rings (SSSR count). The molecule has 0 saturated carbocycles. The fourth-order valence-electron chi connectivity index (χ4n) is 2.68. The Morgan fingerprint density at radius 3 is 2.31 bits per heavy atom. The highest BCUT2D eigenvalue weighted by molar-refractivity contribution is 7.89. The van der Waals surface area contributed by atoms with Gasteiger partial charge in [-0.05, 0) is 42.8 Å². The molecule has 0 bridgehead atoms. The van der Waals surface area contributed by atoms with Crippen LogP contribution in [0, 0.1) is 6.92 Å². The molecular formula is C19H23ClN2O3S. The van der Waals surface area contributed by atoms with Gasteiger partial charge in [0.2, 0.25) is 10.0 Å². The van der Waals surface area contributed by atoms with Gasteiger partial charge in [-0.2, -0.15) is 4.31 Å². The van der Waals surface area contributed by atoms with Crippen molar-refractivity contribution in [3.63, 3.8) is 0 Å². The molecule has 2 aromatic rings. The van der Waals surface area contributed by atoms with Gasteiger partial charge in [0.25, 0.3) is 5.91 Å². The molecule has 1 amide bonds. The van der Waals surface area contributed by atoms with Crippen LogP contribution in [0.1, 0.15) is 29.8 Å². The van der Waals surface area contributed by atoms with Crippen LogP contribution in [0.15, 0.2) is 47.4 Å². The van der Waals surface area contributed by atoms with Crippen LogP contribution in [-0.4, -0.2) is 38.8 Å². The zero-order valence-electron chi connectivity index (χ0n) is 15.4. The second-order valence-electron chi connectivity index (χ2n) is 5.94. The van der Waals surface area contributed by atoms with Crippen LogP contribution < -0.4 is 4.90 Å². The largest absolute Gasteiger partial charge is 0.311 e. The normalized spacial score (nSPS) is 11.6. The Balaban J connectivity index is 2.44. The maximum Gasteiger partial charge on any atom is 0.258 e. The molecule has 0 aliphatic rings. The number of carbonyl (C=O) groups excluding carboxylic acids is 1. The molecule has 7 heteroatoms. The Kier molecular flexibility index (Phi) is 6.44. The number of sulfonamides is 1. The number of aryl methyl sites for hydroxylation is 1. The number of benzene rings is 2. The predicted molar refractivity (Wildman–Crippen MR) is 105 cm³/mol. The zero-order chi connectivity index (χ0) is 19.5. The van der Waals surface area contributed by atoms with E-state index in [-0.39, 0.29) is 21.4 Å². The minimum Gasteiger partial charge on any atom is -0.311 e. The first-order valence-corrected chi connectivity index (χ1v) is 10.2. The minimum atomic E-state index is -3.75. The second-order valence-corrected chi connectivity index (χ2v) is 8.25. The van der Waals surface area contributed by atoms with E-state index in [4.69, 9.17) is 11.6 Å². The Morgan fingerprint density at radius 2 is 1.73 bits per heavy atom. The van der Waals surface area contributed by atoms with E-state index in [1.54, 1.807) is 20.9 Å². The maximum absolute atomic E-state index is 12.8. The third-order valence-electron chi connectivity index (χ3n) is 4.19. The van der Waals surface area contributed by atoms with Gasteiger partial charge >= 0.3 is 0 Å². The molecule has 0 spiro atoms. The first kappa shape index (κ1) is 20.4. The molecule has 0 heterocycles. The molecule has 26 heavy (non-hydrogen) atoms.